The van der Waals surface area contributed by atoms with Gasteiger partial charge in [-0.05, 0) is 13.8 Å². The van der Waals surface area contributed by atoms with Crippen LogP contribution in [0.15, 0.2) is 12.2 Å². The van der Waals surface area contributed by atoms with Crippen LogP contribution in [0.25, 0.3) is 0 Å². The van der Waals surface area contributed by atoms with E-state index in [1.54, 1.807) is 13.8 Å². The van der Waals surface area contributed by atoms with Gasteiger partial charge in [0.15, 0.2) is 0 Å². The Balaban J connectivity index is 0. The van der Waals surface area contributed by atoms with Gasteiger partial charge in [0.05, 0.1) is 6.10 Å². The zero-order valence-electron chi connectivity index (χ0n) is 7.00. The van der Waals surface area contributed by atoms with E-state index in [4.69, 9.17) is 16.6 Å². The number of rotatable bonds is 2. The molecule has 0 rings (SSSR count). The van der Waals surface area contributed by atoms with Gasteiger partial charge >= 0.3 is 0 Å². The van der Waals surface area contributed by atoms with Gasteiger partial charge in [-0.1, -0.05) is 6.58 Å². The van der Waals surface area contributed by atoms with Crippen molar-refractivity contribution in [2.45, 2.75) is 20.0 Å². The van der Waals surface area contributed by atoms with Crippen molar-refractivity contribution in [3.63, 3.8) is 0 Å². The van der Waals surface area contributed by atoms with Gasteiger partial charge in [0.2, 0.25) is 5.91 Å². The SMILES string of the molecule is C=C(C)C(N)=O.CC(O)CN. The largest absolute Gasteiger partial charge is 0.392 e. The summed E-state index contributed by atoms with van der Waals surface area (Å²) in [4.78, 5) is 9.82. The minimum absolute atomic E-state index is 0.338. The molecule has 0 saturated heterocycles. The zero-order chi connectivity index (χ0) is 9.44. The summed E-state index contributed by atoms with van der Waals surface area (Å²) in [5.74, 6) is -0.435. The first kappa shape index (κ1) is 12.8. The standard InChI is InChI=1S/C4H7NO.C3H9NO/c1-3(2)4(5)6;1-3(5)2-4/h1H2,2H3,(H2,5,6);3,5H,2,4H2,1H3. The van der Waals surface area contributed by atoms with Crippen LogP contribution in [0.4, 0.5) is 0 Å². The lowest BCUT2D eigenvalue weighted by Gasteiger charge is -1.91. The monoisotopic (exact) mass is 160 g/mol. The lowest BCUT2D eigenvalue weighted by Crippen LogP contribution is -2.14. The fourth-order valence-electron chi connectivity index (χ4n) is 0. The molecule has 0 aromatic carbocycles. The van der Waals surface area contributed by atoms with Gasteiger partial charge in [0.25, 0.3) is 0 Å². The van der Waals surface area contributed by atoms with Gasteiger partial charge < -0.3 is 16.6 Å². The van der Waals surface area contributed by atoms with Crippen LogP contribution in [0, 0.1) is 0 Å². The van der Waals surface area contributed by atoms with E-state index in [1.165, 1.54) is 0 Å². The molecule has 0 radical (unpaired) electrons. The Hall–Kier alpha value is -0.870. The minimum Gasteiger partial charge on any atom is -0.392 e. The van der Waals surface area contributed by atoms with E-state index in [1.807, 2.05) is 0 Å². The molecule has 66 valence electrons. The number of primary amides is 1. The van der Waals surface area contributed by atoms with Crippen LogP contribution in [0.5, 0.6) is 0 Å². The molecule has 1 unspecified atom stereocenters. The maximum atomic E-state index is 9.82. The average molecular weight is 160 g/mol. The first-order valence-corrected chi connectivity index (χ1v) is 3.25. The third kappa shape index (κ3) is 17.6. The zero-order valence-corrected chi connectivity index (χ0v) is 7.00. The second-order valence-corrected chi connectivity index (χ2v) is 2.23. The minimum atomic E-state index is -0.435. The van der Waals surface area contributed by atoms with Crippen LogP contribution in [-0.4, -0.2) is 23.7 Å². The molecular weight excluding hydrogens is 144 g/mol. The topological polar surface area (TPSA) is 89.3 Å². The summed E-state index contributed by atoms with van der Waals surface area (Å²) in [6.07, 6.45) is -0.338. The summed E-state index contributed by atoms with van der Waals surface area (Å²) in [6.45, 7) is 6.87. The number of hydrogen-bond acceptors (Lipinski definition) is 3. The number of hydrogen-bond donors (Lipinski definition) is 3. The normalized spacial score (nSPS) is 10.9. The summed E-state index contributed by atoms with van der Waals surface area (Å²) < 4.78 is 0. The average Bonchev–Trinajstić information content (AvgIpc) is 1.89. The van der Waals surface area contributed by atoms with Crippen LogP contribution < -0.4 is 11.5 Å². The van der Waals surface area contributed by atoms with Crippen molar-refractivity contribution in [1.29, 1.82) is 0 Å². The van der Waals surface area contributed by atoms with Gasteiger partial charge in [0, 0.05) is 12.1 Å². The van der Waals surface area contributed by atoms with Gasteiger partial charge in [-0.2, -0.15) is 0 Å². The van der Waals surface area contributed by atoms with Gasteiger partial charge in [-0.15, -0.1) is 0 Å². The number of nitrogens with two attached hydrogens (primary N) is 2. The molecular formula is C7H16N2O2. The van der Waals surface area contributed by atoms with Crippen LogP contribution in [-0.2, 0) is 4.79 Å². The third-order valence-corrected chi connectivity index (χ3v) is 0.762. The van der Waals surface area contributed by atoms with E-state index >= 15 is 0 Å². The number of aliphatic hydroxyl groups excluding tert-OH is 1. The Kier molecular flexibility index (Phi) is 8.41. The molecule has 0 bridgehead atoms. The maximum absolute atomic E-state index is 9.82. The first-order chi connectivity index (χ1) is 4.91. The summed E-state index contributed by atoms with van der Waals surface area (Å²) in [5.41, 5.74) is 10.0. The highest BCUT2D eigenvalue weighted by atomic mass is 16.3. The Morgan fingerprint density at radius 1 is 1.73 bits per heavy atom. The van der Waals surface area contributed by atoms with Crippen molar-refractivity contribution in [2.24, 2.45) is 11.5 Å². The Bertz CT molecular complexity index is 120. The quantitative estimate of drug-likeness (QED) is 0.470. The van der Waals surface area contributed by atoms with E-state index in [0.717, 1.165) is 0 Å². The molecule has 4 heteroatoms. The molecule has 1 atom stereocenters. The summed E-state index contributed by atoms with van der Waals surface area (Å²) in [5, 5.41) is 8.24. The van der Waals surface area contributed by atoms with E-state index in [0.29, 0.717) is 12.1 Å². The molecule has 0 aliphatic heterocycles. The Morgan fingerprint density at radius 2 is 1.91 bits per heavy atom. The van der Waals surface area contributed by atoms with Crippen molar-refractivity contribution in [3.05, 3.63) is 12.2 Å². The predicted molar refractivity (Wildman–Crippen MR) is 44.7 cm³/mol. The van der Waals surface area contributed by atoms with Crippen LogP contribution in [0.3, 0.4) is 0 Å². The highest BCUT2D eigenvalue weighted by molar-refractivity contribution is 5.90. The van der Waals surface area contributed by atoms with Crippen molar-refractivity contribution in [1.82, 2.24) is 0 Å². The van der Waals surface area contributed by atoms with Crippen LogP contribution >= 0.6 is 0 Å². The molecule has 0 aliphatic carbocycles. The number of aliphatic hydroxyl groups is 1. The maximum Gasteiger partial charge on any atom is 0.243 e. The molecule has 0 aromatic rings. The predicted octanol–water partition coefficient (Wildman–Crippen LogP) is -0.626. The van der Waals surface area contributed by atoms with Gasteiger partial charge in [0.1, 0.15) is 0 Å². The summed E-state index contributed by atoms with van der Waals surface area (Å²) in [7, 11) is 0. The van der Waals surface area contributed by atoms with Crippen molar-refractivity contribution >= 4 is 5.91 Å². The van der Waals surface area contributed by atoms with Gasteiger partial charge in [-0.3, -0.25) is 4.79 Å². The Morgan fingerprint density at radius 3 is 1.91 bits per heavy atom. The molecule has 0 heterocycles. The van der Waals surface area contributed by atoms with Crippen molar-refractivity contribution < 1.29 is 9.90 Å². The fourth-order valence-corrected chi connectivity index (χ4v) is 0. The van der Waals surface area contributed by atoms with Crippen LogP contribution in [0.1, 0.15) is 13.8 Å². The van der Waals surface area contributed by atoms with Crippen molar-refractivity contribution in [3.8, 4) is 0 Å². The first-order valence-electron chi connectivity index (χ1n) is 3.25. The number of carbonyl (C=O) groups excluding carboxylic acids is 1. The third-order valence-electron chi connectivity index (χ3n) is 0.762. The number of carbonyl (C=O) groups is 1. The fraction of sp³-hybridized carbons (Fsp3) is 0.571. The second-order valence-electron chi connectivity index (χ2n) is 2.23. The van der Waals surface area contributed by atoms with E-state index in [-0.39, 0.29) is 6.10 Å². The molecule has 0 aliphatic rings. The van der Waals surface area contributed by atoms with Crippen LogP contribution in [0.2, 0.25) is 0 Å². The summed E-state index contributed by atoms with van der Waals surface area (Å²) in [6, 6.07) is 0. The molecule has 4 nitrogen and oxygen atoms in total. The highest BCUT2D eigenvalue weighted by Gasteiger charge is 1.86. The molecule has 0 spiro atoms. The van der Waals surface area contributed by atoms with E-state index in [9.17, 15) is 4.79 Å². The van der Waals surface area contributed by atoms with E-state index in [2.05, 4.69) is 6.58 Å². The van der Waals surface area contributed by atoms with Gasteiger partial charge in [-0.25, -0.2) is 0 Å². The lowest BCUT2D eigenvalue weighted by atomic mass is 10.3. The molecule has 1 amide bonds. The lowest BCUT2D eigenvalue weighted by molar-refractivity contribution is -0.114. The molecule has 0 fully saturated rings. The Labute approximate surface area is 66.9 Å². The summed E-state index contributed by atoms with van der Waals surface area (Å²) >= 11 is 0. The molecule has 11 heavy (non-hydrogen) atoms. The smallest absolute Gasteiger partial charge is 0.243 e. The highest BCUT2D eigenvalue weighted by Crippen LogP contribution is 1.78. The molecule has 5 N–H and O–H groups in total. The van der Waals surface area contributed by atoms with E-state index < -0.39 is 5.91 Å². The molecule has 0 aromatic heterocycles. The number of amides is 1. The van der Waals surface area contributed by atoms with Crippen molar-refractivity contribution in [2.75, 3.05) is 6.54 Å². The second kappa shape index (κ2) is 7.24. The molecule has 0 saturated carbocycles.